The zero-order valence-corrected chi connectivity index (χ0v) is 15.4. The van der Waals surface area contributed by atoms with Crippen LogP contribution in [0.3, 0.4) is 0 Å². The molecule has 0 bridgehead atoms. The van der Waals surface area contributed by atoms with Gasteiger partial charge >= 0.3 is 0 Å². The summed E-state index contributed by atoms with van der Waals surface area (Å²) in [6, 6.07) is 12.2. The second-order valence-corrected chi connectivity index (χ2v) is 6.40. The standard InChI is InChI=1S/C21H24N2O3/c1-4-26-14-5-7-18-16(12-14)15-9-10-22-20(21(15)23-18)17-11-13(24-2)6-8-19(17)25-3/h5-8,11-12,20,22-23H,4,9-10H2,1-3H3. The second kappa shape index (κ2) is 6.92. The van der Waals surface area contributed by atoms with Crippen molar-refractivity contribution >= 4 is 10.9 Å². The SMILES string of the molecule is CCOc1ccc2[nH]c3c(c2c1)CCNC3c1cc(OC)ccc1OC. The maximum atomic E-state index is 5.69. The Morgan fingerprint density at radius 3 is 2.65 bits per heavy atom. The molecule has 5 nitrogen and oxygen atoms in total. The highest BCUT2D eigenvalue weighted by Gasteiger charge is 2.28. The topological polar surface area (TPSA) is 55.5 Å². The molecular formula is C21H24N2O3. The first-order chi connectivity index (χ1) is 12.7. The summed E-state index contributed by atoms with van der Waals surface area (Å²) in [7, 11) is 3.39. The van der Waals surface area contributed by atoms with Gasteiger partial charge in [0.05, 0.1) is 26.9 Å². The molecule has 1 aromatic heterocycles. The van der Waals surface area contributed by atoms with Gasteiger partial charge in [0.25, 0.3) is 0 Å². The molecule has 0 radical (unpaired) electrons. The summed E-state index contributed by atoms with van der Waals surface area (Å²) < 4.78 is 16.7. The Hall–Kier alpha value is -2.66. The molecule has 1 aliphatic heterocycles. The number of aromatic nitrogens is 1. The number of H-pyrrole nitrogens is 1. The molecule has 0 fully saturated rings. The normalized spacial score (nSPS) is 16.3. The Morgan fingerprint density at radius 1 is 1.04 bits per heavy atom. The van der Waals surface area contributed by atoms with Crippen LogP contribution < -0.4 is 19.5 Å². The van der Waals surface area contributed by atoms with E-state index in [-0.39, 0.29) is 6.04 Å². The number of aromatic amines is 1. The molecule has 5 heteroatoms. The molecule has 0 aliphatic carbocycles. The Labute approximate surface area is 153 Å². The van der Waals surface area contributed by atoms with Gasteiger partial charge in [0, 0.05) is 28.7 Å². The molecule has 0 spiro atoms. The van der Waals surface area contributed by atoms with Crippen molar-refractivity contribution in [3.63, 3.8) is 0 Å². The van der Waals surface area contributed by atoms with Gasteiger partial charge in [-0.2, -0.15) is 0 Å². The molecule has 2 heterocycles. The van der Waals surface area contributed by atoms with Crippen LogP contribution in [0, 0.1) is 0 Å². The summed E-state index contributed by atoms with van der Waals surface area (Å²) in [5, 5.41) is 4.86. The van der Waals surface area contributed by atoms with E-state index in [0.717, 1.165) is 41.3 Å². The molecule has 26 heavy (non-hydrogen) atoms. The Morgan fingerprint density at radius 2 is 1.88 bits per heavy atom. The maximum Gasteiger partial charge on any atom is 0.124 e. The number of ether oxygens (including phenoxy) is 3. The van der Waals surface area contributed by atoms with Crippen molar-refractivity contribution in [3.05, 3.63) is 53.2 Å². The predicted octanol–water partition coefficient (Wildman–Crippen LogP) is 3.82. The highest BCUT2D eigenvalue weighted by molar-refractivity contribution is 5.86. The third-order valence-electron chi connectivity index (χ3n) is 4.98. The fourth-order valence-corrected chi connectivity index (χ4v) is 3.79. The predicted molar refractivity (Wildman–Crippen MR) is 103 cm³/mol. The van der Waals surface area contributed by atoms with Crippen molar-refractivity contribution < 1.29 is 14.2 Å². The van der Waals surface area contributed by atoms with Crippen molar-refractivity contribution in [2.75, 3.05) is 27.4 Å². The van der Waals surface area contributed by atoms with E-state index in [2.05, 4.69) is 22.4 Å². The van der Waals surface area contributed by atoms with Gasteiger partial charge in [-0.05, 0) is 55.3 Å². The smallest absolute Gasteiger partial charge is 0.124 e. The van der Waals surface area contributed by atoms with Crippen molar-refractivity contribution in [1.29, 1.82) is 0 Å². The van der Waals surface area contributed by atoms with Gasteiger partial charge in [-0.15, -0.1) is 0 Å². The number of fused-ring (bicyclic) bond motifs is 3. The molecule has 3 aromatic rings. The zero-order valence-electron chi connectivity index (χ0n) is 15.4. The quantitative estimate of drug-likeness (QED) is 0.733. The molecule has 2 N–H and O–H groups in total. The largest absolute Gasteiger partial charge is 0.497 e. The van der Waals surface area contributed by atoms with Crippen molar-refractivity contribution in [3.8, 4) is 17.2 Å². The van der Waals surface area contributed by atoms with Crippen LogP contribution in [0.25, 0.3) is 10.9 Å². The van der Waals surface area contributed by atoms with E-state index >= 15 is 0 Å². The van der Waals surface area contributed by atoms with Crippen LogP contribution in [0.1, 0.15) is 29.8 Å². The van der Waals surface area contributed by atoms with Crippen LogP contribution in [-0.4, -0.2) is 32.4 Å². The molecule has 2 aromatic carbocycles. The van der Waals surface area contributed by atoms with Gasteiger partial charge in [-0.25, -0.2) is 0 Å². The van der Waals surface area contributed by atoms with E-state index in [9.17, 15) is 0 Å². The van der Waals surface area contributed by atoms with E-state index in [1.807, 2.05) is 31.2 Å². The van der Waals surface area contributed by atoms with Crippen molar-refractivity contribution in [2.45, 2.75) is 19.4 Å². The number of methoxy groups -OCH3 is 2. The molecule has 1 unspecified atom stereocenters. The molecule has 1 aliphatic rings. The molecule has 0 saturated carbocycles. The minimum atomic E-state index is 0.0340. The minimum absolute atomic E-state index is 0.0340. The summed E-state index contributed by atoms with van der Waals surface area (Å²) in [6.45, 7) is 3.58. The Balaban J connectivity index is 1.84. The maximum absolute atomic E-state index is 5.69. The Bertz CT molecular complexity index is 932. The van der Waals surface area contributed by atoms with Gasteiger partial charge in [0.1, 0.15) is 17.2 Å². The molecule has 136 valence electrons. The molecule has 0 saturated heterocycles. The fraction of sp³-hybridized carbons (Fsp3) is 0.333. The fourth-order valence-electron chi connectivity index (χ4n) is 3.79. The first-order valence-electron chi connectivity index (χ1n) is 8.97. The van der Waals surface area contributed by atoms with Gasteiger partial charge < -0.3 is 24.5 Å². The van der Waals surface area contributed by atoms with Crippen molar-refractivity contribution in [1.82, 2.24) is 10.3 Å². The minimum Gasteiger partial charge on any atom is -0.497 e. The van der Waals surface area contributed by atoms with Crippen LogP contribution in [0.5, 0.6) is 17.2 Å². The third-order valence-corrected chi connectivity index (χ3v) is 4.98. The zero-order chi connectivity index (χ0) is 18.1. The Kier molecular flexibility index (Phi) is 4.47. The second-order valence-electron chi connectivity index (χ2n) is 6.40. The molecular weight excluding hydrogens is 328 g/mol. The van der Waals surface area contributed by atoms with Crippen LogP contribution in [0.2, 0.25) is 0 Å². The highest BCUT2D eigenvalue weighted by atomic mass is 16.5. The summed E-state index contributed by atoms with van der Waals surface area (Å²) in [4.78, 5) is 3.61. The first kappa shape index (κ1) is 16.8. The highest BCUT2D eigenvalue weighted by Crippen LogP contribution is 2.39. The van der Waals surface area contributed by atoms with E-state index in [1.54, 1.807) is 14.2 Å². The monoisotopic (exact) mass is 352 g/mol. The van der Waals surface area contributed by atoms with Gasteiger partial charge in [0.2, 0.25) is 0 Å². The number of rotatable bonds is 5. The number of hydrogen-bond acceptors (Lipinski definition) is 4. The molecule has 1 atom stereocenters. The number of benzene rings is 2. The first-order valence-corrected chi connectivity index (χ1v) is 8.97. The van der Waals surface area contributed by atoms with E-state index < -0.39 is 0 Å². The van der Waals surface area contributed by atoms with Crippen LogP contribution in [0.15, 0.2) is 36.4 Å². The van der Waals surface area contributed by atoms with E-state index in [0.29, 0.717) is 6.61 Å². The summed E-state index contributed by atoms with van der Waals surface area (Å²) >= 11 is 0. The number of hydrogen-bond donors (Lipinski definition) is 2. The lowest BCUT2D eigenvalue weighted by Crippen LogP contribution is -2.30. The van der Waals surface area contributed by atoms with Gasteiger partial charge in [-0.1, -0.05) is 0 Å². The van der Waals surface area contributed by atoms with Gasteiger partial charge in [-0.3, -0.25) is 0 Å². The summed E-state index contributed by atoms with van der Waals surface area (Å²) in [5.74, 6) is 2.59. The van der Waals surface area contributed by atoms with Crippen molar-refractivity contribution in [2.24, 2.45) is 0 Å². The number of nitrogens with one attached hydrogen (secondary N) is 2. The lowest BCUT2D eigenvalue weighted by molar-refractivity contribution is 0.340. The average Bonchev–Trinajstić information content (AvgIpc) is 3.06. The van der Waals surface area contributed by atoms with E-state index in [1.165, 1.54) is 16.6 Å². The summed E-state index contributed by atoms with van der Waals surface area (Å²) in [5.41, 5.74) is 4.74. The van der Waals surface area contributed by atoms with Crippen LogP contribution in [0.4, 0.5) is 0 Å². The van der Waals surface area contributed by atoms with Gasteiger partial charge in [0.15, 0.2) is 0 Å². The average molecular weight is 352 g/mol. The van der Waals surface area contributed by atoms with Crippen LogP contribution >= 0.6 is 0 Å². The molecule has 4 rings (SSSR count). The lowest BCUT2D eigenvalue weighted by Gasteiger charge is -2.26. The third kappa shape index (κ3) is 2.78. The van der Waals surface area contributed by atoms with E-state index in [4.69, 9.17) is 14.2 Å². The molecule has 0 amide bonds. The lowest BCUT2D eigenvalue weighted by atomic mass is 9.93. The van der Waals surface area contributed by atoms with Crippen LogP contribution in [-0.2, 0) is 6.42 Å². The summed E-state index contributed by atoms with van der Waals surface area (Å²) in [6.07, 6.45) is 0.980.